The SMILES string of the molecule is COC(=O)NC12CC3CC(C1)C(C(C)C)C(C3)C2. The highest BCUT2D eigenvalue weighted by Gasteiger charge is 2.56. The van der Waals surface area contributed by atoms with Gasteiger partial charge in [-0.2, -0.15) is 0 Å². The number of methoxy groups -OCH3 is 1. The zero-order chi connectivity index (χ0) is 12.9. The van der Waals surface area contributed by atoms with Crippen molar-refractivity contribution in [1.29, 1.82) is 0 Å². The summed E-state index contributed by atoms with van der Waals surface area (Å²) in [5.74, 6) is 4.17. The van der Waals surface area contributed by atoms with Crippen molar-refractivity contribution in [1.82, 2.24) is 5.32 Å². The molecule has 4 aliphatic carbocycles. The van der Waals surface area contributed by atoms with Gasteiger partial charge in [0.05, 0.1) is 7.11 Å². The molecule has 0 aromatic rings. The lowest BCUT2D eigenvalue weighted by molar-refractivity contribution is -0.0796. The second-order valence-electron chi connectivity index (χ2n) is 7.19. The van der Waals surface area contributed by atoms with Crippen LogP contribution in [-0.2, 0) is 4.74 Å². The Kier molecular flexibility index (Phi) is 2.83. The van der Waals surface area contributed by atoms with E-state index < -0.39 is 0 Å². The van der Waals surface area contributed by atoms with Gasteiger partial charge < -0.3 is 10.1 Å². The first kappa shape index (κ1) is 12.3. The highest BCUT2D eigenvalue weighted by Crippen LogP contribution is 2.59. The maximum Gasteiger partial charge on any atom is 0.407 e. The molecule has 4 aliphatic rings. The standard InChI is InChI=1S/C15H25NO2/c1-9(2)13-11-4-10-5-12(13)8-15(6-10,7-11)16-14(17)18-3/h9-13H,4-8H2,1-3H3,(H,16,17). The second kappa shape index (κ2) is 4.14. The van der Waals surface area contributed by atoms with Crippen LogP contribution in [0.5, 0.6) is 0 Å². The first-order valence-electron chi connectivity index (χ1n) is 7.39. The third-order valence-corrected chi connectivity index (χ3v) is 5.67. The molecule has 4 fully saturated rings. The molecule has 2 unspecified atom stereocenters. The van der Waals surface area contributed by atoms with E-state index in [1.54, 1.807) is 0 Å². The fourth-order valence-corrected chi connectivity index (χ4v) is 5.57. The molecular formula is C15H25NO2. The Morgan fingerprint density at radius 1 is 1.22 bits per heavy atom. The maximum absolute atomic E-state index is 11.6. The third kappa shape index (κ3) is 1.83. The second-order valence-corrected chi connectivity index (χ2v) is 7.19. The largest absolute Gasteiger partial charge is 0.453 e. The van der Waals surface area contributed by atoms with Gasteiger partial charge in [0.15, 0.2) is 0 Å². The minimum absolute atomic E-state index is 0.0645. The zero-order valence-electron chi connectivity index (χ0n) is 11.7. The van der Waals surface area contributed by atoms with E-state index in [1.165, 1.54) is 39.2 Å². The quantitative estimate of drug-likeness (QED) is 0.818. The lowest BCUT2D eigenvalue weighted by Gasteiger charge is -2.61. The van der Waals surface area contributed by atoms with Gasteiger partial charge in [0.1, 0.15) is 0 Å². The Labute approximate surface area is 110 Å². The van der Waals surface area contributed by atoms with Crippen LogP contribution < -0.4 is 5.32 Å². The van der Waals surface area contributed by atoms with E-state index in [4.69, 9.17) is 4.74 Å². The molecule has 18 heavy (non-hydrogen) atoms. The van der Waals surface area contributed by atoms with E-state index in [0.29, 0.717) is 0 Å². The molecule has 0 aromatic carbocycles. The van der Waals surface area contributed by atoms with Crippen LogP contribution in [0, 0.1) is 29.6 Å². The summed E-state index contributed by atoms with van der Waals surface area (Å²) in [6.45, 7) is 4.74. The van der Waals surface area contributed by atoms with Crippen molar-refractivity contribution in [2.45, 2.75) is 51.5 Å². The summed E-state index contributed by atoms with van der Waals surface area (Å²) in [6.07, 6.45) is 6.09. The Morgan fingerprint density at radius 3 is 2.33 bits per heavy atom. The normalized spacial score (nSPS) is 45.3. The van der Waals surface area contributed by atoms with E-state index in [-0.39, 0.29) is 11.6 Å². The van der Waals surface area contributed by atoms with Crippen LogP contribution in [0.4, 0.5) is 4.79 Å². The topological polar surface area (TPSA) is 38.3 Å². The number of alkyl carbamates (subject to hydrolysis) is 1. The van der Waals surface area contributed by atoms with Crippen molar-refractivity contribution in [3.05, 3.63) is 0 Å². The number of rotatable bonds is 2. The molecule has 3 nitrogen and oxygen atoms in total. The Morgan fingerprint density at radius 2 is 1.83 bits per heavy atom. The van der Waals surface area contributed by atoms with Gasteiger partial charge in [-0.3, -0.25) is 0 Å². The van der Waals surface area contributed by atoms with Crippen molar-refractivity contribution in [3.8, 4) is 0 Å². The summed E-state index contributed by atoms with van der Waals surface area (Å²) in [5.41, 5.74) is 0.0645. The molecule has 4 bridgehead atoms. The number of carbonyl (C=O) groups is 1. The van der Waals surface area contributed by atoms with Crippen LogP contribution in [0.15, 0.2) is 0 Å². The molecule has 2 atom stereocenters. The lowest BCUT2D eigenvalue weighted by atomic mass is 9.47. The molecule has 3 heteroatoms. The molecule has 0 saturated heterocycles. The van der Waals surface area contributed by atoms with E-state index in [9.17, 15) is 4.79 Å². The molecule has 1 N–H and O–H groups in total. The van der Waals surface area contributed by atoms with Crippen LogP contribution >= 0.6 is 0 Å². The van der Waals surface area contributed by atoms with Gasteiger partial charge in [0.2, 0.25) is 0 Å². The van der Waals surface area contributed by atoms with Crippen molar-refractivity contribution in [3.63, 3.8) is 0 Å². The predicted octanol–water partition coefficient (Wildman–Crippen LogP) is 3.19. The third-order valence-electron chi connectivity index (χ3n) is 5.67. The van der Waals surface area contributed by atoms with Crippen LogP contribution in [0.25, 0.3) is 0 Å². The minimum atomic E-state index is -0.238. The van der Waals surface area contributed by atoms with Crippen LogP contribution in [0.1, 0.15) is 46.0 Å². The van der Waals surface area contributed by atoms with Gasteiger partial charge in [0.25, 0.3) is 0 Å². The average Bonchev–Trinajstić information content (AvgIpc) is 2.26. The van der Waals surface area contributed by atoms with Gasteiger partial charge in [0, 0.05) is 5.54 Å². The van der Waals surface area contributed by atoms with Gasteiger partial charge >= 0.3 is 6.09 Å². The Bertz CT molecular complexity index is 336. The highest BCUT2D eigenvalue weighted by atomic mass is 16.5. The average molecular weight is 251 g/mol. The number of nitrogens with one attached hydrogen (secondary N) is 1. The lowest BCUT2D eigenvalue weighted by Crippen LogP contribution is -2.62. The molecular weight excluding hydrogens is 226 g/mol. The molecule has 102 valence electrons. The molecule has 0 aromatic heterocycles. The number of hydrogen-bond acceptors (Lipinski definition) is 2. The van der Waals surface area contributed by atoms with Crippen molar-refractivity contribution in [2.24, 2.45) is 29.6 Å². The Hall–Kier alpha value is -0.730. The number of carbonyl (C=O) groups excluding carboxylic acids is 1. The van der Waals surface area contributed by atoms with Crippen molar-refractivity contribution >= 4 is 6.09 Å². The van der Waals surface area contributed by atoms with Crippen molar-refractivity contribution in [2.75, 3.05) is 7.11 Å². The fraction of sp³-hybridized carbons (Fsp3) is 0.933. The smallest absolute Gasteiger partial charge is 0.407 e. The molecule has 0 radical (unpaired) electrons. The molecule has 1 amide bonds. The van der Waals surface area contributed by atoms with Gasteiger partial charge in [-0.25, -0.2) is 4.79 Å². The monoisotopic (exact) mass is 251 g/mol. The summed E-state index contributed by atoms with van der Waals surface area (Å²) < 4.78 is 4.81. The number of ether oxygens (including phenoxy) is 1. The number of hydrogen-bond donors (Lipinski definition) is 1. The van der Waals surface area contributed by atoms with E-state index >= 15 is 0 Å². The number of amides is 1. The van der Waals surface area contributed by atoms with E-state index in [0.717, 1.165) is 29.6 Å². The zero-order valence-corrected chi connectivity index (χ0v) is 11.7. The molecule has 4 saturated carbocycles. The molecule has 0 heterocycles. The van der Waals surface area contributed by atoms with Gasteiger partial charge in [-0.05, 0) is 61.7 Å². The van der Waals surface area contributed by atoms with Crippen molar-refractivity contribution < 1.29 is 9.53 Å². The van der Waals surface area contributed by atoms with Gasteiger partial charge in [-0.1, -0.05) is 13.8 Å². The van der Waals surface area contributed by atoms with Crippen LogP contribution in [0.3, 0.4) is 0 Å². The summed E-state index contributed by atoms with van der Waals surface area (Å²) >= 11 is 0. The van der Waals surface area contributed by atoms with Gasteiger partial charge in [-0.15, -0.1) is 0 Å². The Balaban J connectivity index is 1.80. The minimum Gasteiger partial charge on any atom is -0.453 e. The first-order valence-corrected chi connectivity index (χ1v) is 7.39. The van der Waals surface area contributed by atoms with E-state index in [2.05, 4.69) is 19.2 Å². The predicted molar refractivity (Wildman–Crippen MR) is 70.2 cm³/mol. The fourth-order valence-electron chi connectivity index (χ4n) is 5.57. The highest BCUT2D eigenvalue weighted by molar-refractivity contribution is 5.68. The van der Waals surface area contributed by atoms with Crippen LogP contribution in [0.2, 0.25) is 0 Å². The molecule has 0 spiro atoms. The summed E-state index contributed by atoms with van der Waals surface area (Å²) in [5, 5.41) is 3.17. The molecule has 0 aliphatic heterocycles. The maximum atomic E-state index is 11.6. The summed E-state index contributed by atoms with van der Waals surface area (Å²) in [7, 11) is 1.47. The summed E-state index contributed by atoms with van der Waals surface area (Å²) in [4.78, 5) is 11.6. The van der Waals surface area contributed by atoms with Crippen LogP contribution in [-0.4, -0.2) is 18.7 Å². The first-order chi connectivity index (χ1) is 8.53. The molecule has 4 rings (SSSR count). The summed E-state index contributed by atoms with van der Waals surface area (Å²) in [6, 6.07) is 0. The van der Waals surface area contributed by atoms with E-state index in [1.807, 2.05) is 0 Å².